The average molecular weight is 238 g/mol. The van der Waals surface area contributed by atoms with Crippen molar-refractivity contribution in [1.29, 1.82) is 0 Å². The maximum Gasteiger partial charge on any atom is 0.0271 e. The highest BCUT2D eigenvalue weighted by atomic mass is 15.2. The van der Waals surface area contributed by atoms with Crippen LogP contribution in [-0.2, 0) is 0 Å². The lowest BCUT2D eigenvalue weighted by Crippen LogP contribution is -2.57. The molecule has 1 saturated heterocycles. The molecule has 0 aromatic rings. The first-order chi connectivity index (χ1) is 7.86. The molecular weight excluding hydrogens is 208 g/mol. The van der Waals surface area contributed by atoms with Gasteiger partial charge in [-0.2, -0.15) is 0 Å². The Balaban J connectivity index is 2.09. The zero-order chi connectivity index (χ0) is 12.7. The molecule has 1 aliphatic carbocycles. The lowest BCUT2D eigenvalue weighted by molar-refractivity contribution is 0.0607. The van der Waals surface area contributed by atoms with Crippen molar-refractivity contribution in [3.8, 4) is 0 Å². The van der Waals surface area contributed by atoms with Gasteiger partial charge in [0.2, 0.25) is 0 Å². The highest BCUT2D eigenvalue weighted by Crippen LogP contribution is 2.40. The zero-order valence-corrected chi connectivity index (χ0v) is 12.3. The molecule has 1 aliphatic heterocycles. The van der Waals surface area contributed by atoms with E-state index in [1.54, 1.807) is 0 Å². The molecule has 2 atom stereocenters. The van der Waals surface area contributed by atoms with Crippen molar-refractivity contribution in [3.63, 3.8) is 0 Å². The summed E-state index contributed by atoms with van der Waals surface area (Å²) < 4.78 is 0. The van der Waals surface area contributed by atoms with Gasteiger partial charge in [0.05, 0.1) is 0 Å². The summed E-state index contributed by atoms with van der Waals surface area (Å²) in [7, 11) is 2.14. The van der Waals surface area contributed by atoms with Gasteiger partial charge in [-0.1, -0.05) is 34.1 Å². The molecule has 1 N–H and O–H groups in total. The summed E-state index contributed by atoms with van der Waals surface area (Å²) in [5.41, 5.74) is 0.976. The van der Waals surface area contributed by atoms with E-state index in [0.29, 0.717) is 16.9 Å². The van der Waals surface area contributed by atoms with E-state index >= 15 is 0 Å². The maximum atomic E-state index is 3.61. The van der Waals surface area contributed by atoms with Crippen LogP contribution in [-0.4, -0.2) is 37.1 Å². The minimum absolute atomic E-state index is 0.449. The lowest BCUT2D eigenvalue weighted by atomic mass is 9.70. The fraction of sp³-hybridized carbons (Fsp3) is 1.00. The van der Waals surface area contributed by atoms with Gasteiger partial charge in [-0.25, -0.2) is 0 Å². The van der Waals surface area contributed by atoms with E-state index in [4.69, 9.17) is 0 Å². The van der Waals surface area contributed by atoms with Crippen LogP contribution < -0.4 is 5.32 Å². The van der Waals surface area contributed by atoms with Gasteiger partial charge in [-0.3, -0.25) is 4.90 Å². The third-order valence-electron chi connectivity index (χ3n) is 5.03. The van der Waals surface area contributed by atoms with Crippen LogP contribution in [0.15, 0.2) is 0 Å². The highest BCUT2D eigenvalue weighted by Gasteiger charge is 2.43. The lowest BCUT2D eigenvalue weighted by Gasteiger charge is -2.47. The molecule has 2 unspecified atom stereocenters. The first-order valence-electron chi connectivity index (χ1n) is 7.27. The number of hydrogen-bond donors (Lipinski definition) is 1. The van der Waals surface area contributed by atoms with Crippen molar-refractivity contribution in [3.05, 3.63) is 0 Å². The van der Waals surface area contributed by atoms with Crippen molar-refractivity contribution in [2.45, 2.75) is 65.5 Å². The topological polar surface area (TPSA) is 15.3 Å². The third kappa shape index (κ3) is 2.68. The van der Waals surface area contributed by atoms with Crippen molar-refractivity contribution in [2.24, 2.45) is 10.8 Å². The van der Waals surface area contributed by atoms with Crippen LogP contribution in [0.5, 0.6) is 0 Å². The van der Waals surface area contributed by atoms with E-state index in [-0.39, 0.29) is 0 Å². The molecule has 17 heavy (non-hydrogen) atoms. The minimum atomic E-state index is 0.449. The van der Waals surface area contributed by atoms with Crippen LogP contribution in [0.4, 0.5) is 0 Å². The molecule has 0 radical (unpaired) electrons. The monoisotopic (exact) mass is 238 g/mol. The summed E-state index contributed by atoms with van der Waals surface area (Å²) in [6.45, 7) is 12.3. The summed E-state index contributed by atoms with van der Waals surface area (Å²) >= 11 is 0. The Hall–Kier alpha value is -0.0800. The Bertz CT molecular complexity index is 270. The predicted molar refractivity (Wildman–Crippen MR) is 74.2 cm³/mol. The second-order valence-corrected chi connectivity index (χ2v) is 7.60. The number of rotatable bonds is 2. The summed E-state index contributed by atoms with van der Waals surface area (Å²) in [6, 6.07) is 1.41. The van der Waals surface area contributed by atoms with Crippen LogP contribution in [0.2, 0.25) is 0 Å². The van der Waals surface area contributed by atoms with E-state index in [0.717, 1.165) is 6.04 Å². The number of likely N-dealkylation sites (tertiary alicyclic amines) is 1. The molecule has 2 fully saturated rings. The van der Waals surface area contributed by atoms with Gasteiger partial charge in [0.15, 0.2) is 0 Å². The normalized spacial score (nSPS) is 37.2. The van der Waals surface area contributed by atoms with Crippen molar-refractivity contribution >= 4 is 0 Å². The molecule has 100 valence electrons. The fourth-order valence-corrected chi connectivity index (χ4v) is 4.02. The van der Waals surface area contributed by atoms with Crippen LogP contribution >= 0.6 is 0 Å². The molecule has 0 bridgehead atoms. The Morgan fingerprint density at radius 1 is 1.12 bits per heavy atom. The van der Waals surface area contributed by atoms with Gasteiger partial charge in [0.25, 0.3) is 0 Å². The first-order valence-corrected chi connectivity index (χ1v) is 7.27. The standard InChI is InChI=1S/C15H30N2/c1-14(2)9-10-17(11-14)12-7-6-8-15(3,4)13(12)16-5/h12-13,16H,6-11H2,1-5H3. The Morgan fingerprint density at radius 3 is 2.35 bits per heavy atom. The molecule has 2 aliphatic rings. The molecule has 1 saturated carbocycles. The van der Waals surface area contributed by atoms with Gasteiger partial charge in [-0.15, -0.1) is 0 Å². The molecule has 0 spiro atoms. The zero-order valence-electron chi connectivity index (χ0n) is 12.3. The summed E-state index contributed by atoms with van der Waals surface area (Å²) in [5, 5.41) is 3.61. The van der Waals surface area contributed by atoms with Crippen LogP contribution in [0.1, 0.15) is 53.4 Å². The summed E-state index contributed by atoms with van der Waals surface area (Å²) in [5.74, 6) is 0. The molecule has 2 heteroatoms. The van der Waals surface area contributed by atoms with E-state index in [2.05, 4.69) is 45.0 Å². The van der Waals surface area contributed by atoms with Crippen molar-refractivity contribution in [2.75, 3.05) is 20.1 Å². The number of hydrogen-bond acceptors (Lipinski definition) is 2. The first kappa shape index (κ1) is 13.4. The second kappa shape index (κ2) is 4.55. The number of likely N-dealkylation sites (N-methyl/N-ethyl adjacent to an activating group) is 1. The molecular formula is C15H30N2. The number of nitrogens with one attached hydrogen (secondary N) is 1. The Morgan fingerprint density at radius 2 is 1.82 bits per heavy atom. The van der Waals surface area contributed by atoms with E-state index in [1.807, 2.05) is 0 Å². The van der Waals surface area contributed by atoms with Gasteiger partial charge >= 0.3 is 0 Å². The van der Waals surface area contributed by atoms with Gasteiger partial charge < -0.3 is 5.32 Å². The molecule has 0 amide bonds. The Labute approximate surface area is 107 Å². The second-order valence-electron chi connectivity index (χ2n) is 7.60. The van der Waals surface area contributed by atoms with Crippen LogP contribution in [0.25, 0.3) is 0 Å². The van der Waals surface area contributed by atoms with Gasteiger partial charge in [0, 0.05) is 18.6 Å². The molecule has 0 aromatic carbocycles. The fourth-order valence-electron chi connectivity index (χ4n) is 4.02. The van der Waals surface area contributed by atoms with Crippen LogP contribution in [0.3, 0.4) is 0 Å². The molecule has 2 rings (SSSR count). The van der Waals surface area contributed by atoms with E-state index < -0.39 is 0 Å². The van der Waals surface area contributed by atoms with Crippen molar-refractivity contribution < 1.29 is 0 Å². The number of nitrogens with zero attached hydrogens (tertiary/aromatic N) is 1. The van der Waals surface area contributed by atoms with Gasteiger partial charge in [-0.05, 0) is 43.7 Å². The van der Waals surface area contributed by atoms with Gasteiger partial charge in [0.1, 0.15) is 0 Å². The highest BCUT2D eigenvalue weighted by molar-refractivity contribution is 5.00. The Kier molecular flexibility index (Phi) is 3.57. The third-order valence-corrected chi connectivity index (χ3v) is 5.03. The summed E-state index contributed by atoms with van der Waals surface area (Å²) in [6.07, 6.45) is 5.50. The van der Waals surface area contributed by atoms with Crippen LogP contribution in [0, 0.1) is 10.8 Å². The SMILES string of the molecule is CNC1C(N2CCC(C)(C)C2)CCCC1(C)C. The average Bonchev–Trinajstić information content (AvgIpc) is 2.57. The molecule has 0 aromatic heterocycles. The van der Waals surface area contributed by atoms with E-state index in [9.17, 15) is 0 Å². The minimum Gasteiger partial charge on any atom is -0.315 e. The predicted octanol–water partition coefficient (Wildman–Crippen LogP) is 2.89. The van der Waals surface area contributed by atoms with E-state index in [1.165, 1.54) is 38.8 Å². The quantitative estimate of drug-likeness (QED) is 0.796. The smallest absolute Gasteiger partial charge is 0.0271 e. The summed E-state index contributed by atoms with van der Waals surface area (Å²) in [4.78, 5) is 2.75. The molecule has 2 nitrogen and oxygen atoms in total. The largest absolute Gasteiger partial charge is 0.315 e. The maximum absolute atomic E-state index is 3.61. The van der Waals surface area contributed by atoms with Crippen molar-refractivity contribution in [1.82, 2.24) is 10.2 Å². The molecule has 1 heterocycles.